The van der Waals surface area contributed by atoms with Crippen LogP contribution < -0.4 is 0 Å². The number of ether oxygens (including phenoxy) is 1. The molecule has 4 aromatic rings. The maximum Gasteiger partial charge on any atom is 0.410 e. The zero-order valence-corrected chi connectivity index (χ0v) is 21.1. The molecule has 1 aliphatic rings. The quantitative estimate of drug-likeness (QED) is 0.419. The first-order valence-electron chi connectivity index (χ1n) is 11.9. The summed E-state index contributed by atoms with van der Waals surface area (Å²) >= 11 is 0. The average molecular weight is 488 g/mol. The van der Waals surface area contributed by atoms with E-state index in [1.807, 2.05) is 54.5 Å². The number of aromatic nitrogens is 7. The van der Waals surface area contributed by atoms with Crippen molar-refractivity contribution in [3.05, 3.63) is 43.2 Å². The molecule has 0 unspecified atom stereocenters. The predicted molar refractivity (Wildman–Crippen MR) is 132 cm³/mol. The maximum atomic E-state index is 12.5. The number of nitriles is 1. The fraction of sp³-hybridized carbons (Fsp3) is 0.440. The molecule has 1 amide bonds. The molecule has 1 aliphatic heterocycles. The number of amides is 1. The first kappa shape index (κ1) is 23.5. The molecule has 1 saturated heterocycles. The van der Waals surface area contributed by atoms with Crippen LogP contribution in [0.2, 0.25) is 0 Å². The first-order chi connectivity index (χ1) is 17.1. The van der Waals surface area contributed by atoms with Crippen LogP contribution in [0, 0.1) is 11.3 Å². The minimum atomic E-state index is -0.617. The molecule has 0 aliphatic carbocycles. The van der Waals surface area contributed by atoms with Gasteiger partial charge in [0.2, 0.25) is 0 Å². The Morgan fingerprint density at radius 2 is 1.94 bits per heavy atom. The van der Waals surface area contributed by atoms with E-state index in [0.29, 0.717) is 18.9 Å². The zero-order chi connectivity index (χ0) is 25.7. The van der Waals surface area contributed by atoms with Gasteiger partial charge in [-0.05, 0) is 34.6 Å². The van der Waals surface area contributed by atoms with E-state index in [2.05, 4.69) is 35.1 Å². The van der Waals surface area contributed by atoms with Crippen molar-refractivity contribution in [2.24, 2.45) is 0 Å². The summed E-state index contributed by atoms with van der Waals surface area (Å²) in [7, 11) is 0. The van der Waals surface area contributed by atoms with Crippen molar-refractivity contribution in [1.29, 1.82) is 5.26 Å². The van der Waals surface area contributed by atoms with E-state index in [1.54, 1.807) is 28.2 Å². The number of imidazole rings is 1. The predicted octanol–water partition coefficient (Wildman–Crippen LogP) is 3.90. The third kappa shape index (κ3) is 4.19. The van der Waals surface area contributed by atoms with Gasteiger partial charge in [-0.25, -0.2) is 14.8 Å². The van der Waals surface area contributed by atoms with E-state index >= 15 is 0 Å². The number of nitrogens with zero attached hydrogens (tertiary/aromatic N) is 9. The molecule has 186 valence electrons. The molecule has 0 bridgehead atoms. The Morgan fingerprint density at radius 1 is 1.19 bits per heavy atom. The summed E-state index contributed by atoms with van der Waals surface area (Å²) < 4.78 is 11.1. The van der Waals surface area contributed by atoms with Gasteiger partial charge >= 0.3 is 6.09 Å². The molecule has 4 aromatic heterocycles. The molecule has 0 saturated carbocycles. The second-order valence-electron chi connectivity index (χ2n) is 10.5. The van der Waals surface area contributed by atoms with E-state index in [1.165, 1.54) is 0 Å². The summed E-state index contributed by atoms with van der Waals surface area (Å²) in [6.45, 7) is 10.3. The van der Waals surface area contributed by atoms with E-state index in [9.17, 15) is 10.1 Å². The normalized spacial score (nSPS) is 15.2. The Balaban J connectivity index is 1.47. The van der Waals surface area contributed by atoms with Crippen molar-refractivity contribution in [2.45, 2.75) is 58.2 Å². The smallest absolute Gasteiger partial charge is 0.410 e. The molecule has 11 nitrogen and oxygen atoms in total. The highest BCUT2D eigenvalue weighted by Gasteiger charge is 2.48. The van der Waals surface area contributed by atoms with Crippen LogP contribution in [-0.2, 0) is 10.3 Å². The number of carbonyl (C=O) groups is 1. The lowest BCUT2D eigenvalue weighted by molar-refractivity contribution is -0.0314. The third-order valence-corrected chi connectivity index (χ3v) is 6.17. The number of likely N-dealkylation sites (tertiary alicyclic amines) is 1. The molecule has 11 heteroatoms. The van der Waals surface area contributed by atoms with Gasteiger partial charge in [0.25, 0.3) is 0 Å². The second-order valence-corrected chi connectivity index (χ2v) is 10.5. The molecule has 5 rings (SSSR count). The Hall–Kier alpha value is -4.20. The van der Waals surface area contributed by atoms with Gasteiger partial charge in [0, 0.05) is 42.5 Å². The molecule has 5 heterocycles. The lowest BCUT2D eigenvalue weighted by Crippen LogP contribution is -2.64. The minimum absolute atomic E-state index is 0.218. The zero-order valence-electron chi connectivity index (χ0n) is 21.1. The van der Waals surface area contributed by atoms with Crippen LogP contribution in [-0.4, -0.2) is 63.6 Å². The highest BCUT2D eigenvalue weighted by Crippen LogP contribution is 2.35. The summed E-state index contributed by atoms with van der Waals surface area (Å²) in [5.41, 5.74) is 2.00. The summed E-state index contributed by atoms with van der Waals surface area (Å²) in [6, 6.07) is 4.42. The Kier molecular flexibility index (Phi) is 5.54. The van der Waals surface area contributed by atoms with Crippen LogP contribution >= 0.6 is 0 Å². The molecule has 0 atom stereocenters. The number of rotatable bonds is 5. The van der Waals surface area contributed by atoms with Gasteiger partial charge in [-0.2, -0.15) is 15.5 Å². The highest BCUT2D eigenvalue weighted by atomic mass is 16.6. The Bertz CT molecular complexity index is 1460. The van der Waals surface area contributed by atoms with Gasteiger partial charge in [0.15, 0.2) is 0 Å². The second kappa shape index (κ2) is 8.48. The fourth-order valence-electron chi connectivity index (χ4n) is 4.33. The van der Waals surface area contributed by atoms with Gasteiger partial charge in [-0.3, -0.25) is 13.8 Å². The van der Waals surface area contributed by atoms with E-state index < -0.39 is 11.1 Å². The molecule has 36 heavy (non-hydrogen) atoms. The average Bonchev–Trinajstić information content (AvgIpc) is 3.54. The van der Waals surface area contributed by atoms with E-state index in [4.69, 9.17) is 9.72 Å². The summed E-state index contributed by atoms with van der Waals surface area (Å²) in [5, 5.41) is 18.6. The number of hydrogen-bond donors (Lipinski definition) is 0. The number of fused-ring (bicyclic) bond motifs is 1. The maximum absolute atomic E-state index is 12.5. The van der Waals surface area contributed by atoms with Crippen molar-refractivity contribution in [3.63, 3.8) is 0 Å². The molecular weight excluding hydrogens is 458 g/mol. The summed E-state index contributed by atoms with van der Waals surface area (Å²) in [4.78, 5) is 23.5. The van der Waals surface area contributed by atoms with Gasteiger partial charge in [0.05, 0.1) is 49.2 Å². The van der Waals surface area contributed by atoms with Gasteiger partial charge in [-0.1, -0.05) is 0 Å². The van der Waals surface area contributed by atoms with Gasteiger partial charge < -0.3 is 9.64 Å². The lowest BCUT2D eigenvalue weighted by atomic mass is 9.87. The van der Waals surface area contributed by atoms with Crippen molar-refractivity contribution in [1.82, 2.24) is 38.8 Å². The van der Waals surface area contributed by atoms with Gasteiger partial charge in [0.1, 0.15) is 22.6 Å². The van der Waals surface area contributed by atoms with Crippen LogP contribution in [0.4, 0.5) is 4.79 Å². The highest BCUT2D eigenvalue weighted by molar-refractivity contribution is 5.70. The minimum Gasteiger partial charge on any atom is -0.444 e. The third-order valence-electron chi connectivity index (χ3n) is 6.17. The van der Waals surface area contributed by atoms with Gasteiger partial charge in [-0.15, -0.1) is 0 Å². The molecule has 0 N–H and O–H groups in total. The molecule has 0 aromatic carbocycles. The lowest BCUT2D eigenvalue weighted by Gasteiger charge is -2.48. The van der Waals surface area contributed by atoms with Crippen LogP contribution in [0.3, 0.4) is 0 Å². The molecule has 1 fully saturated rings. The van der Waals surface area contributed by atoms with E-state index in [0.717, 1.165) is 22.5 Å². The summed E-state index contributed by atoms with van der Waals surface area (Å²) in [6.07, 6.45) is 10.8. The number of hydrogen-bond acceptors (Lipinski definition) is 7. The van der Waals surface area contributed by atoms with Crippen LogP contribution in [0.25, 0.3) is 28.3 Å². The number of carbonyl (C=O) groups excluding carboxylic acids is 1. The van der Waals surface area contributed by atoms with Crippen molar-refractivity contribution in [2.75, 3.05) is 13.1 Å². The van der Waals surface area contributed by atoms with Crippen LogP contribution in [0.15, 0.2) is 43.2 Å². The largest absolute Gasteiger partial charge is 0.444 e. The van der Waals surface area contributed by atoms with Crippen molar-refractivity contribution >= 4 is 11.7 Å². The van der Waals surface area contributed by atoms with Crippen LogP contribution in [0.5, 0.6) is 0 Å². The van der Waals surface area contributed by atoms with E-state index in [-0.39, 0.29) is 18.6 Å². The summed E-state index contributed by atoms with van der Waals surface area (Å²) in [5.74, 6) is 0.680. The monoisotopic (exact) mass is 487 g/mol. The topological polar surface area (TPSA) is 119 Å². The molecule has 0 radical (unpaired) electrons. The van der Waals surface area contributed by atoms with Crippen LogP contribution in [0.1, 0.15) is 47.1 Å². The first-order valence-corrected chi connectivity index (χ1v) is 11.9. The molecule has 0 spiro atoms. The van der Waals surface area contributed by atoms with Crippen molar-refractivity contribution in [3.8, 4) is 28.7 Å². The molecular formula is C25H29N9O2. The van der Waals surface area contributed by atoms with Crippen molar-refractivity contribution < 1.29 is 9.53 Å². The Labute approximate surface area is 208 Å². The Morgan fingerprint density at radius 3 is 2.61 bits per heavy atom. The fourth-order valence-corrected chi connectivity index (χ4v) is 4.33. The SMILES string of the molecule is CC(C)n1cc(-c2cc3nccn3c(-c3cnn(C4(CC#N)CN(C(=O)OC(C)(C)C)C4)c3)n2)cn1. The standard InChI is InChI=1S/C25H29N9O2/c1-17(2)33-13-18(11-28-33)20-10-21-27-8-9-32(21)22(30-20)19-12-29-34(14-19)25(6-7-26)15-31(16-25)23(35)36-24(3,4)5/h8-14,17H,6,15-16H2,1-5H3.